The highest BCUT2D eigenvalue weighted by atomic mass is 16.4. The van der Waals surface area contributed by atoms with E-state index in [1.165, 1.54) is 13.8 Å². The van der Waals surface area contributed by atoms with Gasteiger partial charge in [-0.25, -0.2) is 0 Å². The summed E-state index contributed by atoms with van der Waals surface area (Å²) in [7, 11) is 0. The third-order valence-electron chi connectivity index (χ3n) is 3.68. The first-order chi connectivity index (χ1) is 10.1. The van der Waals surface area contributed by atoms with E-state index in [0.29, 0.717) is 0 Å². The molecule has 0 radical (unpaired) electrons. The lowest BCUT2D eigenvalue weighted by molar-refractivity contribution is -0.149. The van der Waals surface area contributed by atoms with Gasteiger partial charge >= 0.3 is 23.9 Å². The minimum absolute atomic E-state index is 0.00371. The van der Waals surface area contributed by atoms with Crippen molar-refractivity contribution in [1.82, 2.24) is 0 Å². The van der Waals surface area contributed by atoms with Gasteiger partial charge in [-0.15, -0.1) is 0 Å². The van der Waals surface area contributed by atoms with E-state index in [9.17, 15) is 19.2 Å². The molecule has 0 aliphatic carbocycles. The van der Waals surface area contributed by atoms with Gasteiger partial charge in [0.15, 0.2) is 0 Å². The standard InChI is InChI=1S/C14H22O8/c1-7(11(15)16)5-9(13(19)20)3-4-10(14(21)22)6-8(2)12(17)18/h7-10H,3-6H2,1-2H3,(H,15,16)(H,17,18)(H,19,20)(H,21,22). The maximum Gasteiger partial charge on any atom is 0.306 e. The smallest absolute Gasteiger partial charge is 0.306 e. The number of hydrogen-bond donors (Lipinski definition) is 4. The van der Waals surface area contributed by atoms with Gasteiger partial charge in [-0.2, -0.15) is 0 Å². The van der Waals surface area contributed by atoms with Crippen molar-refractivity contribution >= 4 is 23.9 Å². The molecule has 0 aromatic rings. The predicted molar refractivity (Wildman–Crippen MR) is 74.3 cm³/mol. The molecule has 0 fully saturated rings. The Labute approximate surface area is 127 Å². The second-order valence-corrected chi connectivity index (χ2v) is 5.60. The van der Waals surface area contributed by atoms with Gasteiger partial charge in [0.2, 0.25) is 0 Å². The molecule has 0 saturated carbocycles. The van der Waals surface area contributed by atoms with Gasteiger partial charge in [-0.3, -0.25) is 19.2 Å². The Morgan fingerprint density at radius 1 is 0.636 bits per heavy atom. The topological polar surface area (TPSA) is 149 Å². The first-order valence-corrected chi connectivity index (χ1v) is 6.97. The van der Waals surface area contributed by atoms with Crippen LogP contribution < -0.4 is 0 Å². The van der Waals surface area contributed by atoms with E-state index >= 15 is 0 Å². The van der Waals surface area contributed by atoms with Gasteiger partial charge in [0.05, 0.1) is 23.7 Å². The molecule has 0 spiro atoms. The first kappa shape index (κ1) is 19.9. The van der Waals surface area contributed by atoms with Crippen molar-refractivity contribution < 1.29 is 39.6 Å². The van der Waals surface area contributed by atoms with E-state index in [2.05, 4.69) is 0 Å². The highest BCUT2D eigenvalue weighted by molar-refractivity contribution is 5.74. The van der Waals surface area contributed by atoms with Crippen molar-refractivity contribution in [3.8, 4) is 0 Å². The van der Waals surface area contributed by atoms with Gasteiger partial charge in [0.25, 0.3) is 0 Å². The fraction of sp³-hybridized carbons (Fsp3) is 0.714. The average molecular weight is 318 g/mol. The summed E-state index contributed by atoms with van der Waals surface area (Å²) in [4.78, 5) is 43.8. The number of rotatable bonds is 11. The van der Waals surface area contributed by atoms with Gasteiger partial charge < -0.3 is 20.4 Å². The van der Waals surface area contributed by atoms with Crippen LogP contribution in [-0.4, -0.2) is 44.3 Å². The van der Waals surface area contributed by atoms with E-state index in [4.69, 9.17) is 20.4 Å². The molecule has 22 heavy (non-hydrogen) atoms. The zero-order valence-electron chi connectivity index (χ0n) is 12.6. The number of hydrogen-bond acceptors (Lipinski definition) is 4. The van der Waals surface area contributed by atoms with Crippen LogP contribution in [0.15, 0.2) is 0 Å². The largest absolute Gasteiger partial charge is 0.481 e. The van der Waals surface area contributed by atoms with Crippen LogP contribution in [0.4, 0.5) is 0 Å². The van der Waals surface area contributed by atoms with E-state index in [0.717, 1.165) is 0 Å². The predicted octanol–water partition coefficient (Wildman–Crippen LogP) is 1.39. The van der Waals surface area contributed by atoms with E-state index < -0.39 is 47.5 Å². The van der Waals surface area contributed by atoms with Crippen molar-refractivity contribution in [2.45, 2.75) is 39.5 Å². The maximum atomic E-state index is 11.1. The third-order valence-corrected chi connectivity index (χ3v) is 3.68. The summed E-state index contributed by atoms with van der Waals surface area (Å²) in [6.07, 6.45) is -0.191. The summed E-state index contributed by atoms with van der Waals surface area (Å²) in [6, 6.07) is 0. The molecule has 0 aliphatic rings. The fourth-order valence-corrected chi connectivity index (χ4v) is 2.14. The Morgan fingerprint density at radius 2 is 0.909 bits per heavy atom. The van der Waals surface area contributed by atoms with Gasteiger partial charge in [0.1, 0.15) is 0 Å². The monoisotopic (exact) mass is 318 g/mol. The Balaban J connectivity index is 4.70. The van der Waals surface area contributed by atoms with Gasteiger partial charge in [-0.1, -0.05) is 13.8 Å². The lowest BCUT2D eigenvalue weighted by Gasteiger charge is -2.19. The Morgan fingerprint density at radius 3 is 1.09 bits per heavy atom. The first-order valence-electron chi connectivity index (χ1n) is 6.97. The molecule has 0 aromatic carbocycles. The summed E-state index contributed by atoms with van der Waals surface area (Å²) in [5, 5.41) is 35.8. The zero-order chi connectivity index (χ0) is 17.4. The summed E-state index contributed by atoms with van der Waals surface area (Å²) < 4.78 is 0. The highest BCUT2D eigenvalue weighted by Crippen LogP contribution is 2.24. The minimum atomic E-state index is -1.18. The number of carbonyl (C=O) groups is 4. The quantitative estimate of drug-likeness (QED) is 0.446. The SMILES string of the molecule is CC(CC(CCC(CC(C)C(=O)O)C(=O)O)C(=O)O)C(=O)O. The molecule has 0 aromatic heterocycles. The number of carboxylic acids is 4. The van der Waals surface area contributed by atoms with Gasteiger partial charge in [0, 0.05) is 0 Å². The summed E-state index contributed by atoms with van der Waals surface area (Å²) >= 11 is 0. The Hall–Kier alpha value is -2.12. The number of carboxylic acid groups (broad SMARTS) is 4. The minimum Gasteiger partial charge on any atom is -0.481 e. The molecule has 0 aliphatic heterocycles. The second-order valence-electron chi connectivity index (χ2n) is 5.60. The average Bonchev–Trinajstić information content (AvgIpc) is 2.40. The lowest BCUT2D eigenvalue weighted by Crippen LogP contribution is -2.25. The van der Waals surface area contributed by atoms with Crippen LogP contribution in [0.25, 0.3) is 0 Å². The van der Waals surface area contributed by atoms with Crippen molar-refractivity contribution in [2.75, 3.05) is 0 Å². The van der Waals surface area contributed by atoms with Crippen molar-refractivity contribution in [3.05, 3.63) is 0 Å². The van der Waals surface area contributed by atoms with Crippen molar-refractivity contribution in [1.29, 1.82) is 0 Å². The molecule has 0 amide bonds. The van der Waals surface area contributed by atoms with Crippen LogP contribution in [-0.2, 0) is 19.2 Å². The van der Waals surface area contributed by atoms with E-state index in [-0.39, 0.29) is 25.7 Å². The third kappa shape index (κ3) is 7.05. The molecule has 4 unspecified atom stereocenters. The fourth-order valence-electron chi connectivity index (χ4n) is 2.14. The molecular formula is C14H22O8. The lowest BCUT2D eigenvalue weighted by atomic mass is 9.86. The molecular weight excluding hydrogens is 296 g/mol. The summed E-state index contributed by atoms with van der Waals surface area (Å²) in [6.45, 7) is 2.78. The van der Waals surface area contributed by atoms with E-state index in [1.54, 1.807) is 0 Å². The van der Waals surface area contributed by atoms with Crippen LogP contribution in [0.3, 0.4) is 0 Å². The molecule has 0 bridgehead atoms. The second kappa shape index (κ2) is 9.01. The molecule has 8 nitrogen and oxygen atoms in total. The highest BCUT2D eigenvalue weighted by Gasteiger charge is 2.28. The molecule has 4 atom stereocenters. The molecule has 8 heteroatoms. The van der Waals surface area contributed by atoms with Crippen LogP contribution in [0, 0.1) is 23.7 Å². The summed E-state index contributed by atoms with van der Waals surface area (Å²) in [5.41, 5.74) is 0. The van der Waals surface area contributed by atoms with Crippen molar-refractivity contribution in [3.63, 3.8) is 0 Å². The van der Waals surface area contributed by atoms with Crippen molar-refractivity contribution in [2.24, 2.45) is 23.7 Å². The summed E-state index contributed by atoms with van der Waals surface area (Å²) in [5.74, 6) is -8.20. The van der Waals surface area contributed by atoms with Crippen LogP contribution in [0.2, 0.25) is 0 Å². The molecule has 126 valence electrons. The number of aliphatic carboxylic acids is 4. The van der Waals surface area contributed by atoms with Gasteiger partial charge in [-0.05, 0) is 25.7 Å². The molecule has 4 N–H and O–H groups in total. The molecule has 0 rings (SSSR count). The van der Waals surface area contributed by atoms with Crippen LogP contribution in [0.5, 0.6) is 0 Å². The zero-order valence-corrected chi connectivity index (χ0v) is 12.6. The normalized spacial score (nSPS) is 16.3. The Kier molecular flexibility index (Phi) is 8.14. The molecule has 0 saturated heterocycles. The van der Waals surface area contributed by atoms with Crippen LogP contribution in [0.1, 0.15) is 39.5 Å². The van der Waals surface area contributed by atoms with E-state index in [1.807, 2.05) is 0 Å². The maximum absolute atomic E-state index is 11.1. The Bertz CT molecular complexity index is 391. The molecule has 0 heterocycles. The van der Waals surface area contributed by atoms with Crippen LogP contribution >= 0.6 is 0 Å².